The number of carbonyl (C=O) groups excluding carboxylic acids is 1. The molecule has 0 aromatic heterocycles. The fourth-order valence-electron chi connectivity index (χ4n) is 1.33. The van der Waals surface area contributed by atoms with Crippen molar-refractivity contribution in [1.29, 1.82) is 0 Å². The summed E-state index contributed by atoms with van der Waals surface area (Å²) >= 11 is 0. The van der Waals surface area contributed by atoms with E-state index in [1.807, 2.05) is 32.0 Å². The van der Waals surface area contributed by atoms with Gasteiger partial charge in [-0.2, -0.15) is 5.10 Å². The normalized spacial score (nSPS) is 11.1. The van der Waals surface area contributed by atoms with Gasteiger partial charge >= 0.3 is 6.03 Å². The minimum absolute atomic E-state index is 0.310. The molecule has 0 unspecified atom stereocenters. The van der Waals surface area contributed by atoms with E-state index in [9.17, 15) is 4.79 Å². The summed E-state index contributed by atoms with van der Waals surface area (Å²) in [6, 6.07) is 5.26. The number of rotatable bonds is 4. The van der Waals surface area contributed by atoms with Crippen molar-refractivity contribution < 1.29 is 9.53 Å². The highest BCUT2D eigenvalue weighted by molar-refractivity contribution is 5.84. The van der Waals surface area contributed by atoms with Crippen LogP contribution in [0.1, 0.15) is 18.1 Å². The zero-order valence-electron chi connectivity index (χ0n) is 10.3. The Hall–Kier alpha value is -2.04. The van der Waals surface area contributed by atoms with Gasteiger partial charge in [-0.25, -0.2) is 10.2 Å². The van der Waals surface area contributed by atoms with Gasteiger partial charge in [0.15, 0.2) is 0 Å². The number of primary amides is 1. The number of nitrogens with zero attached hydrogens (tertiary/aromatic N) is 1. The summed E-state index contributed by atoms with van der Waals surface area (Å²) in [6.07, 6.45) is 0. The van der Waals surface area contributed by atoms with Gasteiger partial charge in [0.2, 0.25) is 0 Å². The predicted octanol–water partition coefficient (Wildman–Crippen LogP) is 1.73. The number of nitrogens with one attached hydrogen (secondary N) is 1. The molecule has 3 N–H and O–H groups in total. The molecule has 2 amide bonds. The van der Waals surface area contributed by atoms with E-state index in [1.54, 1.807) is 6.92 Å². The fraction of sp³-hybridized carbons (Fsp3) is 0.333. The van der Waals surface area contributed by atoms with Crippen LogP contribution in [0, 0.1) is 13.8 Å². The van der Waals surface area contributed by atoms with Crippen LogP contribution < -0.4 is 15.9 Å². The summed E-state index contributed by atoms with van der Waals surface area (Å²) in [5.41, 5.74) is 9.95. The van der Waals surface area contributed by atoms with Crippen molar-refractivity contribution in [3.63, 3.8) is 0 Å². The molecule has 1 rings (SSSR count). The minimum atomic E-state index is -0.684. The van der Waals surface area contributed by atoms with Crippen LogP contribution in [0.25, 0.3) is 0 Å². The van der Waals surface area contributed by atoms with Gasteiger partial charge in [0.05, 0.1) is 5.71 Å². The lowest BCUT2D eigenvalue weighted by Crippen LogP contribution is -2.26. The molecule has 5 nitrogen and oxygen atoms in total. The lowest BCUT2D eigenvalue weighted by Gasteiger charge is -2.09. The maximum atomic E-state index is 10.4. The SMILES string of the molecule is CC(COc1ccc(C)cc1C)=NNC(N)=O. The first-order valence-corrected chi connectivity index (χ1v) is 5.27. The van der Waals surface area contributed by atoms with Gasteiger partial charge in [0.1, 0.15) is 12.4 Å². The highest BCUT2D eigenvalue weighted by atomic mass is 16.5. The van der Waals surface area contributed by atoms with E-state index in [2.05, 4.69) is 10.5 Å². The number of hydrogen-bond donors (Lipinski definition) is 2. The second-order valence-corrected chi connectivity index (χ2v) is 3.88. The smallest absolute Gasteiger partial charge is 0.332 e. The Kier molecular flexibility index (Phi) is 4.51. The Morgan fingerprint density at radius 2 is 2.18 bits per heavy atom. The second kappa shape index (κ2) is 5.89. The lowest BCUT2D eigenvalue weighted by atomic mass is 10.1. The van der Waals surface area contributed by atoms with Crippen molar-refractivity contribution in [2.45, 2.75) is 20.8 Å². The summed E-state index contributed by atoms with van der Waals surface area (Å²) in [7, 11) is 0. The molecule has 0 fully saturated rings. The van der Waals surface area contributed by atoms with Crippen LogP contribution in [0.4, 0.5) is 4.79 Å². The number of aryl methyl sites for hydroxylation is 2. The van der Waals surface area contributed by atoms with E-state index < -0.39 is 6.03 Å². The Morgan fingerprint density at radius 3 is 2.76 bits per heavy atom. The summed E-state index contributed by atoms with van der Waals surface area (Å²) in [4.78, 5) is 10.4. The molecular formula is C12H17N3O2. The van der Waals surface area contributed by atoms with Crippen LogP contribution in [0.15, 0.2) is 23.3 Å². The molecule has 0 aliphatic rings. The van der Waals surface area contributed by atoms with Crippen LogP contribution in [-0.4, -0.2) is 18.3 Å². The van der Waals surface area contributed by atoms with Crippen molar-refractivity contribution >= 4 is 11.7 Å². The van der Waals surface area contributed by atoms with Crippen LogP contribution >= 0.6 is 0 Å². The zero-order valence-corrected chi connectivity index (χ0v) is 10.3. The standard InChI is InChI=1S/C12H17N3O2/c1-8-4-5-11(9(2)6-8)17-7-10(3)14-15-12(13)16/h4-6H,7H2,1-3H3,(H3,13,15,16). The molecule has 92 valence electrons. The highest BCUT2D eigenvalue weighted by Crippen LogP contribution is 2.18. The first kappa shape index (κ1) is 13.0. The number of nitrogens with two attached hydrogens (primary N) is 1. The zero-order chi connectivity index (χ0) is 12.8. The lowest BCUT2D eigenvalue weighted by molar-refractivity contribution is 0.249. The van der Waals surface area contributed by atoms with Crippen molar-refractivity contribution in [2.24, 2.45) is 10.8 Å². The molecule has 0 saturated heterocycles. The summed E-state index contributed by atoms with van der Waals surface area (Å²) in [5.74, 6) is 0.809. The largest absolute Gasteiger partial charge is 0.487 e. The van der Waals surface area contributed by atoms with Crippen molar-refractivity contribution in [1.82, 2.24) is 5.43 Å². The molecule has 0 bridgehead atoms. The van der Waals surface area contributed by atoms with E-state index in [-0.39, 0.29) is 0 Å². The van der Waals surface area contributed by atoms with Crippen molar-refractivity contribution in [3.05, 3.63) is 29.3 Å². The van der Waals surface area contributed by atoms with Crippen molar-refractivity contribution in [3.8, 4) is 5.75 Å². The molecule has 0 aliphatic carbocycles. The number of hydrazone groups is 1. The monoisotopic (exact) mass is 235 g/mol. The first-order chi connectivity index (χ1) is 7.99. The van der Waals surface area contributed by atoms with E-state index in [1.165, 1.54) is 5.56 Å². The molecule has 17 heavy (non-hydrogen) atoms. The van der Waals surface area contributed by atoms with Gasteiger partial charge in [0, 0.05) is 0 Å². The van der Waals surface area contributed by atoms with Gasteiger partial charge in [-0.05, 0) is 32.4 Å². The Bertz CT molecular complexity index is 441. The molecule has 1 aromatic rings. The van der Waals surface area contributed by atoms with Crippen LogP contribution in [0.3, 0.4) is 0 Å². The average Bonchev–Trinajstić information content (AvgIpc) is 2.25. The van der Waals surface area contributed by atoms with Crippen molar-refractivity contribution in [2.75, 3.05) is 6.61 Å². The first-order valence-electron chi connectivity index (χ1n) is 5.27. The minimum Gasteiger partial charge on any atom is -0.487 e. The summed E-state index contributed by atoms with van der Waals surface area (Å²) < 4.78 is 5.56. The van der Waals surface area contributed by atoms with Crippen LogP contribution in [0.5, 0.6) is 5.75 Å². The Balaban J connectivity index is 2.55. The molecule has 0 saturated carbocycles. The van der Waals surface area contributed by atoms with Gasteiger partial charge in [-0.1, -0.05) is 17.7 Å². The van der Waals surface area contributed by atoms with Gasteiger partial charge < -0.3 is 10.5 Å². The molecule has 0 atom stereocenters. The molecule has 0 aliphatic heterocycles. The van der Waals surface area contributed by atoms with E-state index in [0.717, 1.165) is 11.3 Å². The number of benzene rings is 1. The topological polar surface area (TPSA) is 76.7 Å². The number of hydrogen-bond acceptors (Lipinski definition) is 3. The van der Waals surface area contributed by atoms with Gasteiger partial charge in [0.25, 0.3) is 0 Å². The molecular weight excluding hydrogens is 218 g/mol. The summed E-state index contributed by atoms with van der Waals surface area (Å²) in [6.45, 7) is 6.07. The maximum absolute atomic E-state index is 10.4. The Labute approximate surface area is 101 Å². The third kappa shape index (κ3) is 4.55. The number of carbonyl (C=O) groups is 1. The predicted molar refractivity (Wildman–Crippen MR) is 67.2 cm³/mol. The van der Waals surface area contributed by atoms with Gasteiger partial charge in [-0.3, -0.25) is 0 Å². The molecule has 0 spiro atoms. The highest BCUT2D eigenvalue weighted by Gasteiger charge is 2.00. The second-order valence-electron chi connectivity index (χ2n) is 3.88. The number of ether oxygens (including phenoxy) is 1. The van der Waals surface area contributed by atoms with Crippen LogP contribution in [0.2, 0.25) is 0 Å². The van der Waals surface area contributed by atoms with E-state index in [0.29, 0.717) is 12.3 Å². The number of amides is 2. The fourth-order valence-corrected chi connectivity index (χ4v) is 1.33. The number of urea groups is 1. The quantitative estimate of drug-likeness (QED) is 0.616. The molecule has 0 radical (unpaired) electrons. The van der Waals surface area contributed by atoms with Gasteiger partial charge in [-0.15, -0.1) is 0 Å². The third-order valence-electron chi connectivity index (χ3n) is 2.12. The van der Waals surface area contributed by atoms with Crippen LogP contribution in [-0.2, 0) is 0 Å². The maximum Gasteiger partial charge on any atom is 0.332 e. The summed E-state index contributed by atoms with van der Waals surface area (Å²) in [5, 5.41) is 3.75. The molecule has 0 heterocycles. The molecule has 1 aromatic carbocycles. The average molecular weight is 235 g/mol. The third-order valence-corrected chi connectivity index (χ3v) is 2.12. The van der Waals surface area contributed by atoms with E-state index >= 15 is 0 Å². The molecule has 5 heteroatoms. The van der Waals surface area contributed by atoms with E-state index in [4.69, 9.17) is 10.5 Å². The Morgan fingerprint density at radius 1 is 1.47 bits per heavy atom.